The van der Waals surface area contributed by atoms with Gasteiger partial charge in [-0.2, -0.15) is 0 Å². The van der Waals surface area contributed by atoms with Crippen molar-refractivity contribution in [3.63, 3.8) is 0 Å². The molecule has 1 N–H and O–H groups in total. The maximum Gasteiger partial charge on any atom is 0.0588 e. The first-order valence-corrected chi connectivity index (χ1v) is 8.45. The van der Waals surface area contributed by atoms with Crippen molar-refractivity contribution in [1.82, 2.24) is 5.32 Å². The quantitative estimate of drug-likeness (QED) is 0.692. The van der Waals surface area contributed by atoms with E-state index in [1.54, 1.807) is 0 Å². The number of halogens is 2. The second kappa shape index (κ2) is 7.39. The molecule has 1 unspecified atom stereocenters. The fourth-order valence-electron chi connectivity index (χ4n) is 2.19. The van der Waals surface area contributed by atoms with Gasteiger partial charge < -0.3 is 5.32 Å². The fraction of sp³-hybridized carbons (Fsp3) is 0.294. The van der Waals surface area contributed by atoms with Crippen LogP contribution in [0, 0.1) is 6.92 Å². The third kappa shape index (κ3) is 3.94. The van der Waals surface area contributed by atoms with Crippen molar-refractivity contribution in [1.29, 1.82) is 0 Å². The average molecular weight is 397 g/mol. The largest absolute Gasteiger partial charge is 0.306 e. The summed E-state index contributed by atoms with van der Waals surface area (Å²) in [4.78, 5) is 0. The van der Waals surface area contributed by atoms with Gasteiger partial charge in [-0.15, -0.1) is 0 Å². The Kier molecular flexibility index (Phi) is 5.82. The SMILES string of the molecule is CCCNC(c1ccc(C)cc1)c1cc(Br)ccc1Br. The van der Waals surface area contributed by atoms with Crippen LogP contribution in [0.15, 0.2) is 51.4 Å². The highest BCUT2D eigenvalue weighted by Gasteiger charge is 2.16. The van der Waals surface area contributed by atoms with Crippen LogP contribution in [0.2, 0.25) is 0 Å². The van der Waals surface area contributed by atoms with Gasteiger partial charge in [0, 0.05) is 8.95 Å². The van der Waals surface area contributed by atoms with Gasteiger partial charge in [0.05, 0.1) is 6.04 Å². The van der Waals surface area contributed by atoms with Gasteiger partial charge >= 0.3 is 0 Å². The summed E-state index contributed by atoms with van der Waals surface area (Å²) < 4.78 is 2.24. The minimum absolute atomic E-state index is 0.211. The number of benzene rings is 2. The lowest BCUT2D eigenvalue weighted by Crippen LogP contribution is -2.23. The van der Waals surface area contributed by atoms with E-state index < -0.39 is 0 Å². The molecule has 2 rings (SSSR count). The van der Waals surface area contributed by atoms with Gasteiger partial charge in [-0.25, -0.2) is 0 Å². The van der Waals surface area contributed by atoms with Crippen molar-refractivity contribution in [3.8, 4) is 0 Å². The zero-order valence-electron chi connectivity index (χ0n) is 11.8. The van der Waals surface area contributed by atoms with E-state index in [1.807, 2.05) is 0 Å². The molecule has 1 nitrogen and oxygen atoms in total. The van der Waals surface area contributed by atoms with Gasteiger partial charge in [-0.1, -0.05) is 68.6 Å². The number of hydrogen-bond donors (Lipinski definition) is 1. The monoisotopic (exact) mass is 395 g/mol. The summed E-state index contributed by atoms with van der Waals surface area (Å²) in [6.07, 6.45) is 1.12. The predicted octanol–water partition coefficient (Wildman–Crippen LogP) is 5.61. The Balaban J connectivity index is 2.41. The standard InChI is InChI=1S/C17H19Br2N/c1-3-10-20-17(13-6-4-12(2)5-7-13)15-11-14(18)8-9-16(15)19/h4-9,11,17,20H,3,10H2,1-2H3. The summed E-state index contributed by atoms with van der Waals surface area (Å²) in [6.45, 7) is 5.31. The second-order valence-electron chi connectivity index (χ2n) is 4.96. The zero-order valence-corrected chi connectivity index (χ0v) is 15.0. The summed E-state index contributed by atoms with van der Waals surface area (Å²) in [7, 11) is 0. The van der Waals surface area contributed by atoms with E-state index in [0.29, 0.717) is 0 Å². The summed E-state index contributed by atoms with van der Waals surface area (Å²) in [6, 6.07) is 15.3. The van der Waals surface area contributed by atoms with Crippen LogP contribution in [0.5, 0.6) is 0 Å². The lowest BCUT2D eigenvalue weighted by Gasteiger charge is -2.21. The maximum absolute atomic E-state index is 3.67. The predicted molar refractivity (Wildman–Crippen MR) is 93.2 cm³/mol. The average Bonchev–Trinajstić information content (AvgIpc) is 2.44. The molecule has 1 atom stereocenters. The van der Waals surface area contributed by atoms with E-state index in [9.17, 15) is 0 Å². The number of nitrogens with one attached hydrogen (secondary N) is 1. The molecule has 2 aromatic rings. The normalized spacial score (nSPS) is 12.4. The molecule has 0 aromatic heterocycles. The molecule has 20 heavy (non-hydrogen) atoms. The summed E-state index contributed by atoms with van der Waals surface area (Å²) >= 11 is 7.24. The first-order chi connectivity index (χ1) is 9.61. The van der Waals surface area contributed by atoms with Crippen LogP contribution in [0.4, 0.5) is 0 Å². The van der Waals surface area contributed by atoms with Crippen LogP contribution < -0.4 is 5.32 Å². The Labute approximate surface area is 138 Å². The first kappa shape index (κ1) is 15.7. The van der Waals surface area contributed by atoms with E-state index in [4.69, 9.17) is 0 Å². The van der Waals surface area contributed by atoms with Crippen molar-refractivity contribution in [2.75, 3.05) is 6.54 Å². The van der Waals surface area contributed by atoms with Crippen LogP contribution >= 0.6 is 31.9 Å². The zero-order chi connectivity index (χ0) is 14.5. The number of hydrogen-bond acceptors (Lipinski definition) is 1. The van der Waals surface area contributed by atoms with Gasteiger partial charge in [-0.05, 0) is 49.2 Å². The molecular weight excluding hydrogens is 378 g/mol. The minimum Gasteiger partial charge on any atom is -0.306 e. The molecule has 3 heteroatoms. The fourth-order valence-corrected chi connectivity index (χ4v) is 3.05. The molecule has 106 valence electrons. The molecular formula is C17H19Br2N. The Morgan fingerprint density at radius 1 is 1.05 bits per heavy atom. The van der Waals surface area contributed by atoms with E-state index >= 15 is 0 Å². The molecule has 0 aliphatic carbocycles. The molecule has 0 fully saturated rings. The highest BCUT2D eigenvalue weighted by molar-refractivity contribution is 9.11. The highest BCUT2D eigenvalue weighted by Crippen LogP contribution is 2.31. The lowest BCUT2D eigenvalue weighted by atomic mass is 9.97. The Hall–Kier alpha value is -0.640. The molecule has 0 radical (unpaired) electrons. The summed E-state index contributed by atoms with van der Waals surface area (Å²) in [5.41, 5.74) is 3.84. The molecule has 0 aliphatic rings. The van der Waals surface area contributed by atoms with Crippen molar-refractivity contribution < 1.29 is 0 Å². The highest BCUT2D eigenvalue weighted by atomic mass is 79.9. The third-order valence-corrected chi connectivity index (χ3v) is 4.49. The minimum atomic E-state index is 0.211. The molecule has 0 saturated heterocycles. The lowest BCUT2D eigenvalue weighted by molar-refractivity contribution is 0.596. The molecule has 0 heterocycles. The van der Waals surface area contributed by atoms with E-state index in [1.165, 1.54) is 16.7 Å². The molecule has 0 amide bonds. The third-order valence-electron chi connectivity index (χ3n) is 3.28. The van der Waals surface area contributed by atoms with Gasteiger partial charge in [0.2, 0.25) is 0 Å². The number of rotatable bonds is 5. The summed E-state index contributed by atoms with van der Waals surface area (Å²) in [5, 5.41) is 3.64. The number of aryl methyl sites for hydroxylation is 1. The Bertz CT molecular complexity index is 564. The van der Waals surface area contributed by atoms with Crippen molar-refractivity contribution in [2.45, 2.75) is 26.3 Å². The van der Waals surface area contributed by atoms with E-state index in [-0.39, 0.29) is 6.04 Å². The second-order valence-corrected chi connectivity index (χ2v) is 6.73. The summed E-state index contributed by atoms with van der Waals surface area (Å²) in [5.74, 6) is 0. The smallest absolute Gasteiger partial charge is 0.0588 e. The van der Waals surface area contributed by atoms with Gasteiger partial charge in [0.25, 0.3) is 0 Å². The van der Waals surface area contributed by atoms with Gasteiger partial charge in [0.15, 0.2) is 0 Å². The van der Waals surface area contributed by atoms with Crippen LogP contribution in [-0.4, -0.2) is 6.54 Å². The van der Waals surface area contributed by atoms with E-state index in [0.717, 1.165) is 21.9 Å². The van der Waals surface area contributed by atoms with Crippen molar-refractivity contribution in [2.24, 2.45) is 0 Å². The van der Waals surface area contributed by atoms with E-state index in [2.05, 4.69) is 93.5 Å². The van der Waals surface area contributed by atoms with Crippen molar-refractivity contribution in [3.05, 3.63) is 68.1 Å². The van der Waals surface area contributed by atoms with Gasteiger partial charge in [-0.3, -0.25) is 0 Å². The van der Waals surface area contributed by atoms with Crippen LogP contribution in [0.1, 0.15) is 36.1 Å². The van der Waals surface area contributed by atoms with Crippen LogP contribution in [-0.2, 0) is 0 Å². The topological polar surface area (TPSA) is 12.0 Å². The Morgan fingerprint density at radius 3 is 2.40 bits per heavy atom. The first-order valence-electron chi connectivity index (χ1n) is 6.86. The van der Waals surface area contributed by atoms with Crippen LogP contribution in [0.3, 0.4) is 0 Å². The van der Waals surface area contributed by atoms with Crippen LogP contribution in [0.25, 0.3) is 0 Å². The maximum atomic E-state index is 3.67. The molecule has 0 bridgehead atoms. The molecule has 0 spiro atoms. The molecule has 2 aromatic carbocycles. The van der Waals surface area contributed by atoms with Gasteiger partial charge in [0.1, 0.15) is 0 Å². The molecule has 0 saturated carbocycles. The molecule has 0 aliphatic heterocycles. The van der Waals surface area contributed by atoms with Crippen molar-refractivity contribution >= 4 is 31.9 Å². The Morgan fingerprint density at radius 2 is 1.75 bits per heavy atom.